The van der Waals surface area contributed by atoms with Crippen LogP contribution in [0.5, 0.6) is 0 Å². The van der Waals surface area contributed by atoms with Crippen molar-refractivity contribution in [2.24, 2.45) is 0 Å². The highest BCUT2D eigenvalue weighted by atomic mass is 19.1. The van der Waals surface area contributed by atoms with Gasteiger partial charge in [0.1, 0.15) is 5.52 Å². The van der Waals surface area contributed by atoms with Gasteiger partial charge in [0.2, 0.25) is 0 Å². The van der Waals surface area contributed by atoms with E-state index in [4.69, 9.17) is 4.42 Å². The Morgan fingerprint density at radius 3 is 3.00 bits per heavy atom. The van der Waals surface area contributed by atoms with E-state index in [1.165, 1.54) is 12.3 Å². The quantitative estimate of drug-likeness (QED) is 0.555. The van der Waals surface area contributed by atoms with Crippen LogP contribution < -0.4 is 5.69 Å². The molecular formula is C13H7FN4O2. The van der Waals surface area contributed by atoms with Gasteiger partial charge >= 0.3 is 5.69 Å². The molecule has 0 unspecified atom stereocenters. The van der Waals surface area contributed by atoms with E-state index in [0.717, 1.165) is 0 Å². The minimum absolute atomic E-state index is 0.176. The number of para-hydroxylation sites is 1. The monoisotopic (exact) mass is 270 g/mol. The van der Waals surface area contributed by atoms with Crippen molar-refractivity contribution >= 4 is 22.1 Å². The molecule has 98 valence electrons. The predicted octanol–water partition coefficient (Wildman–Crippen LogP) is 2.20. The lowest BCUT2D eigenvalue weighted by molar-refractivity contribution is 0.566. The molecule has 0 bridgehead atoms. The van der Waals surface area contributed by atoms with Crippen molar-refractivity contribution in [2.75, 3.05) is 0 Å². The van der Waals surface area contributed by atoms with E-state index < -0.39 is 11.5 Å². The van der Waals surface area contributed by atoms with E-state index in [-0.39, 0.29) is 5.58 Å². The van der Waals surface area contributed by atoms with Crippen LogP contribution in [0.1, 0.15) is 0 Å². The Kier molecular flexibility index (Phi) is 2.06. The number of fused-ring (bicyclic) bond motifs is 2. The molecular weight excluding hydrogens is 263 g/mol. The van der Waals surface area contributed by atoms with Gasteiger partial charge in [-0.3, -0.25) is 4.98 Å². The van der Waals surface area contributed by atoms with Crippen molar-refractivity contribution in [3.8, 4) is 11.6 Å². The van der Waals surface area contributed by atoms with Crippen LogP contribution in [0.3, 0.4) is 0 Å². The Morgan fingerprint density at radius 1 is 1.25 bits per heavy atom. The van der Waals surface area contributed by atoms with Crippen molar-refractivity contribution in [3.05, 3.63) is 46.8 Å². The van der Waals surface area contributed by atoms with Gasteiger partial charge in [0, 0.05) is 5.39 Å². The smallest absolute Gasteiger partial charge is 0.346 e. The zero-order valence-corrected chi connectivity index (χ0v) is 9.98. The Labute approximate surface area is 110 Å². The summed E-state index contributed by atoms with van der Waals surface area (Å²) in [6.45, 7) is 0. The van der Waals surface area contributed by atoms with Crippen LogP contribution in [0, 0.1) is 5.82 Å². The Hall–Kier alpha value is -2.96. The normalized spacial score (nSPS) is 11.4. The molecule has 4 rings (SSSR count). The van der Waals surface area contributed by atoms with Crippen LogP contribution in [0.25, 0.3) is 33.7 Å². The van der Waals surface area contributed by atoms with Crippen LogP contribution in [-0.2, 0) is 0 Å². The summed E-state index contributed by atoms with van der Waals surface area (Å²) in [6, 6.07) is 6.37. The van der Waals surface area contributed by atoms with Crippen LogP contribution in [-0.4, -0.2) is 19.9 Å². The third kappa shape index (κ3) is 1.53. The number of rotatable bonds is 1. The molecule has 3 aromatic heterocycles. The number of imidazole rings is 1. The van der Waals surface area contributed by atoms with E-state index in [1.54, 1.807) is 18.2 Å². The molecule has 0 radical (unpaired) electrons. The summed E-state index contributed by atoms with van der Waals surface area (Å²) in [5, 5.41) is 0.645. The molecule has 0 aliphatic heterocycles. The second kappa shape index (κ2) is 3.77. The molecule has 0 saturated heterocycles. The van der Waals surface area contributed by atoms with E-state index >= 15 is 0 Å². The van der Waals surface area contributed by atoms with Crippen molar-refractivity contribution in [2.45, 2.75) is 0 Å². The average molecular weight is 270 g/mol. The highest BCUT2D eigenvalue weighted by molar-refractivity contribution is 5.83. The van der Waals surface area contributed by atoms with Gasteiger partial charge < -0.3 is 9.40 Å². The maximum atomic E-state index is 13.6. The first-order chi connectivity index (χ1) is 9.70. The minimum atomic E-state index is -0.480. The first-order valence-electron chi connectivity index (χ1n) is 5.84. The lowest BCUT2D eigenvalue weighted by Crippen LogP contribution is -2.08. The number of hydrogen-bond donors (Lipinski definition) is 2. The standard InChI is InChI=1S/C13H7FN4O2/c14-7-3-1-2-6-4-9(20-10(6)7)12-16-8-5-15-13(19)18-11(8)17-12/h1-5H,(H2,15,16,17,18,19). The number of benzene rings is 1. The summed E-state index contributed by atoms with van der Waals surface area (Å²) in [5.41, 5.74) is 0.641. The van der Waals surface area contributed by atoms with E-state index in [1.807, 2.05) is 0 Å². The molecule has 20 heavy (non-hydrogen) atoms. The number of furan rings is 1. The molecule has 0 aliphatic rings. The largest absolute Gasteiger partial charge is 0.450 e. The fourth-order valence-corrected chi connectivity index (χ4v) is 2.09. The van der Waals surface area contributed by atoms with Crippen molar-refractivity contribution in [3.63, 3.8) is 0 Å². The summed E-state index contributed by atoms with van der Waals surface area (Å²) in [6.07, 6.45) is 1.38. The number of H-pyrrole nitrogens is 2. The molecule has 0 atom stereocenters. The topological polar surface area (TPSA) is 87.6 Å². The van der Waals surface area contributed by atoms with Crippen LogP contribution >= 0.6 is 0 Å². The van der Waals surface area contributed by atoms with Crippen molar-refractivity contribution in [1.29, 1.82) is 0 Å². The summed E-state index contributed by atoms with van der Waals surface area (Å²) >= 11 is 0. The number of aromatic amines is 2. The Morgan fingerprint density at radius 2 is 2.15 bits per heavy atom. The zero-order chi connectivity index (χ0) is 13.7. The van der Waals surface area contributed by atoms with Crippen molar-refractivity contribution < 1.29 is 8.81 Å². The third-order valence-corrected chi connectivity index (χ3v) is 3.00. The first kappa shape index (κ1) is 10.9. The third-order valence-electron chi connectivity index (χ3n) is 3.00. The highest BCUT2D eigenvalue weighted by Gasteiger charge is 2.13. The Balaban J connectivity index is 1.96. The second-order valence-corrected chi connectivity index (χ2v) is 4.30. The molecule has 0 aliphatic carbocycles. The summed E-state index contributed by atoms with van der Waals surface area (Å²) in [7, 11) is 0. The Bertz CT molecular complexity index is 998. The molecule has 0 saturated carbocycles. The van der Waals surface area contributed by atoms with E-state index in [2.05, 4.69) is 19.9 Å². The highest BCUT2D eigenvalue weighted by Crippen LogP contribution is 2.28. The molecule has 7 heteroatoms. The molecule has 1 aromatic carbocycles. The number of nitrogens with zero attached hydrogens (tertiary/aromatic N) is 2. The number of nitrogens with one attached hydrogen (secondary N) is 2. The maximum Gasteiger partial charge on any atom is 0.346 e. The fraction of sp³-hybridized carbons (Fsp3) is 0. The lowest BCUT2D eigenvalue weighted by Gasteiger charge is -1.89. The molecule has 0 spiro atoms. The van der Waals surface area contributed by atoms with Gasteiger partial charge in [0.25, 0.3) is 0 Å². The van der Waals surface area contributed by atoms with E-state index in [0.29, 0.717) is 28.1 Å². The van der Waals surface area contributed by atoms with Gasteiger partial charge in [-0.05, 0) is 12.1 Å². The van der Waals surface area contributed by atoms with Crippen LogP contribution in [0.4, 0.5) is 4.39 Å². The second-order valence-electron chi connectivity index (χ2n) is 4.30. The number of hydrogen-bond acceptors (Lipinski definition) is 4. The maximum absolute atomic E-state index is 13.6. The first-order valence-corrected chi connectivity index (χ1v) is 5.84. The number of halogens is 1. The molecule has 6 nitrogen and oxygen atoms in total. The molecule has 4 aromatic rings. The molecule has 3 heterocycles. The molecule has 0 fully saturated rings. The minimum Gasteiger partial charge on any atom is -0.450 e. The summed E-state index contributed by atoms with van der Waals surface area (Å²) in [4.78, 5) is 24.4. The van der Waals surface area contributed by atoms with Gasteiger partial charge in [-0.1, -0.05) is 12.1 Å². The van der Waals surface area contributed by atoms with Gasteiger partial charge in [0.05, 0.1) is 6.20 Å². The van der Waals surface area contributed by atoms with Crippen LogP contribution in [0.2, 0.25) is 0 Å². The SMILES string of the molecule is O=c1ncc2[nH]c(-c3cc4cccc(F)c4o3)nc2[nH]1. The molecule has 0 amide bonds. The number of aromatic nitrogens is 4. The fourth-order valence-electron chi connectivity index (χ4n) is 2.09. The van der Waals surface area contributed by atoms with Crippen molar-refractivity contribution in [1.82, 2.24) is 19.9 Å². The van der Waals surface area contributed by atoms with Gasteiger partial charge in [-0.15, -0.1) is 0 Å². The van der Waals surface area contributed by atoms with Gasteiger partial charge in [-0.25, -0.2) is 14.2 Å². The predicted molar refractivity (Wildman–Crippen MR) is 69.7 cm³/mol. The summed E-state index contributed by atoms with van der Waals surface area (Å²) in [5.74, 6) is 0.362. The van der Waals surface area contributed by atoms with Gasteiger partial charge in [0.15, 0.2) is 28.6 Å². The summed E-state index contributed by atoms with van der Waals surface area (Å²) < 4.78 is 19.1. The van der Waals surface area contributed by atoms with Gasteiger partial charge in [-0.2, -0.15) is 4.98 Å². The average Bonchev–Trinajstić information content (AvgIpc) is 3.01. The molecule has 2 N–H and O–H groups in total. The zero-order valence-electron chi connectivity index (χ0n) is 9.98. The lowest BCUT2D eigenvalue weighted by atomic mass is 10.2. The van der Waals surface area contributed by atoms with E-state index in [9.17, 15) is 9.18 Å². The van der Waals surface area contributed by atoms with Crippen LogP contribution in [0.15, 0.2) is 39.7 Å².